The van der Waals surface area contributed by atoms with Gasteiger partial charge in [-0.1, -0.05) is 6.07 Å². The van der Waals surface area contributed by atoms with Gasteiger partial charge >= 0.3 is 6.18 Å². The van der Waals surface area contributed by atoms with Crippen LogP contribution < -0.4 is 4.74 Å². The van der Waals surface area contributed by atoms with Crippen LogP contribution in [-0.2, 0) is 17.2 Å². The molecule has 29 heavy (non-hydrogen) atoms. The first-order valence-electron chi connectivity index (χ1n) is 8.57. The molecule has 0 aliphatic carbocycles. The minimum absolute atomic E-state index is 0.215. The predicted octanol–water partition coefficient (Wildman–Crippen LogP) is 4.33. The lowest BCUT2D eigenvalue weighted by atomic mass is 10.1. The van der Waals surface area contributed by atoms with Crippen molar-refractivity contribution in [1.29, 1.82) is 0 Å². The first kappa shape index (κ1) is 21.0. The molecule has 0 aliphatic heterocycles. The average molecular weight is 424 g/mol. The SMILES string of the molecule is COc1nccc2c(-n3ncc(C=NS(=O)C(C)(C)C)c3C(F)(F)F)cccc12. The summed E-state index contributed by atoms with van der Waals surface area (Å²) in [5.41, 5.74) is -1.06. The van der Waals surface area contributed by atoms with Crippen molar-refractivity contribution < 1.29 is 22.1 Å². The largest absolute Gasteiger partial charge is 0.481 e. The van der Waals surface area contributed by atoms with Crippen molar-refractivity contribution in [2.75, 3.05) is 7.11 Å². The molecule has 6 nitrogen and oxygen atoms in total. The molecule has 0 N–H and O–H groups in total. The highest BCUT2D eigenvalue weighted by molar-refractivity contribution is 7.85. The van der Waals surface area contributed by atoms with E-state index in [0.29, 0.717) is 16.7 Å². The number of benzene rings is 1. The highest BCUT2D eigenvalue weighted by atomic mass is 32.2. The van der Waals surface area contributed by atoms with E-state index in [0.717, 1.165) is 17.1 Å². The van der Waals surface area contributed by atoms with E-state index in [1.54, 1.807) is 39.0 Å². The van der Waals surface area contributed by atoms with E-state index < -0.39 is 27.6 Å². The Labute approximate surface area is 168 Å². The normalized spacial score (nSPS) is 13.9. The van der Waals surface area contributed by atoms with Gasteiger partial charge in [0, 0.05) is 28.7 Å². The number of nitrogens with zero attached hydrogens (tertiary/aromatic N) is 4. The molecule has 3 aromatic rings. The molecule has 2 aromatic heterocycles. The zero-order chi connectivity index (χ0) is 21.4. The molecule has 0 spiro atoms. The van der Waals surface area contributed by atoms with Crippen LogP contribution in [0.4, 0.5) is 13.2 Å². The predicted molar refractivity (Wildman–Crippen MR) is 106 cm³/mol. The molecule has 0 aliphatic rings. The van der Waals surface area contributed by atoms with Gasteiger partial charge < -0.3 is 4.74 Å². The van der Waals surface area contributed by atoms with E-state index in [9.17, 15) is 17.4 Å². The van der Waals surface area contributed by atoms with Crippen LogP contribution in [0.2, 0.25) is 0 Å². The first-order valence-corrected chi connectivity index (χ1v) is 9.68. The van der Waals surface area contributed by atoms with Gasteiger partial charge in [0.25, 0.3) is 0 Å². The molecule has 0 saturated heterocycles. The molecule has 154 valence electrons. The summed E-state index contributed by atoms with van der Waals surface area (Å²) in [4.78, 5) is 4.08. The van der Waals surface area contributed by atoms with E-state index >= 15 is 0 Å². The van der Waals surface area contributed by atoms with Crippen LogP contribution in [0.5, 0.6) is 5.88 Å². The van der Waals surface area contributed by atoms with E-state index in [1.165, 1.54) is 19.4 Å². The van der Waals surface area contributed by atoms with E-state index in [1.807, 2.05) is 0 Å². The maximum Gasteiger partial charge on any atom is 0.434 e. The van der Waals surface area contributed by atoms with Crippen LogP contribution in [0.15, 0.2) is 41.1 Å². The van der Waals surface area contributed by atoms with Crippen molar-refractivity contribution in [3.63, 3.8) is 0 Å². The molecular formula is C19H19F3N4O2S. The smallest absolute Gasteiger partial charge is 0.434 e. The van der Waals surface area contributed by atoms with Crippen LogP contribution in [0.1, 0.15) is 32.0 Å². The van der Waals surface area contributed by atoms with Gasteiger partial charge in [-0.05, 0) is 39.0 Å². The lowest BCUT2D eigenvalue weighted by Gasteiger charge is -2.15. The van der Waals surface area contributed by atoms with Gasteiger partial charge in [-0.3, -0.25) is 0 Å². The van der Waals surface area contributed by atoms with E-state index in [2.05, 4.69) is 14.5 Å². The van der Waals surface area contributed by atoms with Gasteiger partial charge in [-0.2, -0.15) is 22.7 Å². The fourth-order valence-corrected chi connectivity index (χ4v) is 3.22. The third-order valence-electron chi connectivity index (χ3n) is 4.05. The third-order valence-corrected chi connectivity index (χ3v) is 5.39. The molecule has 10 heteroatoms. The summed E-state index contributed by atoms with van der Waals surface area (Å²) in [7, 11) is -0.257. The molecule has 1 aromatic carbocycles. The molecule has 0 amide bonds. The number of hydrogen-bond acceptors (Lipinski definition) is 4. The van der Waals surface area contributed by atoms with Crippen LogP contribution in [-0.4, -0.2) is 37.0 Å². The second kappa shape index (κ2) is 7.58. The van der Waals surface area contributed by atoms with Crippen molar-refractivity contribution in [3.05, 3.63) is 47.9 Å². The van der Waals surface area contributed by atoms with Gasteiger partial charge in [-0.25, -0.2) is 13.9 Å². The van der Waals surface area contributed by atoms with Crippen LogP contribution in [0.25, 0.3) is 16.5 Å². The molecule has 1 unspecified atom stereocenters. The third kappa shape index (κ3) is 4.16. The van der Waals surface area contributed by atoms with Crippen molar-refractivity contribution in [1.82, 2.24) is 14.8 Å². The Morgan fingerprint density at radius 2 is 1.90 bits per heavy atom. The number of aromatic nitrogens is 3. The number of alkyl halides is 3. The number of pyridine rings is 1. The number of rotatable bonds is 4. The summed E-state index contributed by atoms with van der Waals surface area (Å²) in [6, 6.07) is 6.43. The first-order chi connectivity index (χ1) is 13.5. The number of hydrogen-bond donors (Lipinski definition) is 0. The maximum atomic E-state index is 13.9. The van der Waals surface area contributed by atoms with Crippen molar-refractivity contribution in [2.24, 2.45) is 4.40 Å². The molecule has 2 heterocycles. The number of halogens is 3. The Hall–Kier alpha value is -2.75. The summed E-state index contributed by atoms with van der Waals surface area (Å²) in [6.45, 7) is 5.06. The van der Waals surface area contributed by atoms with Crippen molar-refractivity contribution in [3.8, 4) is 11.6 Å². The Bertz CT molecular complexity index is 1100. The molecule has 3 rings (SSSR count). The van der Waals surface area contributed by atoms with Gasteiger partial charge in [-0.15, -0.1) is 0 Å². The fraction of sp³-hybridized carbons (Fsp3) is 0.316. The lowest BCUT2D eigenvalue weighted by molar-refractivity contribution is -0.142. The number of fused-ring (bicyclic) bond motifs is 1. The highest BCUT2D eigenvalue weighted by Gasteiger charge is 2.38. The summed E-state index contributed by atoms with van der Waals surface area (Å²) < 4.78 is 62.9. The Balaban J connectivity index is 2.20. The zero-order valence-corrected chi connectivity index (χ0v) is 17.0. The quantitative estimate of drug-likeness (QED) is 0.585. The van der Waals surface area contributed by atoms with E-state index in [4.69, 9.17) is 4.74 Å². The van der Waals surface area contributed by atoms with Crippen LogP contribution in [0.3, 0.4) is 0 Å². The Kier molecular flexibility index (Phi) is 5.48. The van der Waals surface area contributed by atoms with Gasteiger partial charge in [0.2, 0.25) is 5.88 Å². The maximum absolute atomic E-state index is 13.9. The second-order valence-corrected chi connectivity index (χ2v) is 9.08. The zero-order valence-electron chi connectivity index (χ0n) is 16.2. The van der Waals surface area contributed by atoms with Crippen molar-refractivity contribution >= 4 is 28.0 Å². The molecule has 0 saturated carbocycles. The van der Waals surface area contributed by atoms with Gasteiger partial charge in [0.15, 0.2) is 5.69 Å². The second-order valence-electron chi connectivity index (χ2n) is 7.15. The number of ether oxygens (including phenoxy) is 1. The molecule has 0 radical (unpaired) electrons. The summed E-state index contributed by atoms with van der Waals surface area (Å²) >= 11 is 0. The summed E-state index contributed by atoms with van der Waals surface area (Å²) in [5.74, 6) is 0.299. The molecule has 0 fully saturated rings. The minimum Gasteiger partial charge on any atom is -0.481 e. The average Bonchev–Trinajstić information content (AvgIpc) is 3.08. The number of methoxy groups -OCH3 is 1. The lowest BCUT2D eigenvalue weighted by Crippen LogP contribution is -2.20. The van der Waals surface area contributed by atoms with Gasteiger partial charge in [0.05, 0.1) is 23.7 Å². The van der Waals surface area contributed by atoms with Crippen molar-refractivity contribution in [2.45, 2.75) is 31.7 Å². The fourth-order valence-electron chi connectivity index (χ4n) is 2.70. The molecule has 1 atom stereocenters. The van der Waals surface area contributed by atoms with Crippen LogP contribution in [0, 0.1) is 0 Å². The Morgan fingerprint density at radius 1 is 1.17 bits per heavy atom. The highest BCUT2D eigenvalue weighted by Crippen LogP contribution is 2.35. The topological polar surface area (TPSA) is 69.4 Å². The minimum atomic E-state index is -4.71. The Morgan fingerprint density at radius 3 is 2.52 bits per heavy atom. The monoisotopic (exact) mass is 424 g/mol. The van der Waals surface area contributed by atoms with Gasteiger partial charge in [0.1, 0.15) is 11.0 Å². The standard InChI is InChI=1S/C19H19F3N4O2S/c1-18(2,3)29(27)25-11-12-10-24-26(16(12)19(20,21)22)15-7-5-6-14-13(15)8-9-23-17(14)28-4/h5-11H,1-4H3. The van der Waals surface area contributed by atoms with E-state index in [-0.39, 0.29) is 11.3 Å². The summed E-state index contributed by atoms with van der Waals surface area (Å²) in [6.07, 6.45) is -1.24. The van der Waals surface area contributed by atoms with Crippen LogP contribution >= 0.6 is 0 Å². The molecule has 0 bridgehead atoms. The summed E-state index contributed by atoms with van der Waals surface area (Å²) in [5, 5.41) is 4.99. The molecular weight excluding hydrogens is 405 g/mol.